The lowest BCUT2D eigenvalue weighted by atomic mass is 10.0. The van der Waals surface area contributed by atoms with Gasteiger partial charge in [-0.3, -0.25) is 19.4 Å². The van der Waals surface area contributed by atoms with Gasteiger partial charge in [0.2, 0.25) is 0 Å². The largest absolute Gasteiger partial charge is 0.299 e. The van der Waals surface area contributed by atoms with E-state index in [-0.39, 0.29) is 11.8 Å². The molecule has 2 heterocycles. The third kappa shape index (κ3) is 3.10. The lowest BCUT2D eigenvalue weighted by Crippen LogP contribution is -2.32. The van der Waals surface area contributed by atoms with Crippen LogP contribution in [0.25, 0.3) is 0 Å². The molecule has 0 saturated carbocycles. The molecule has 0 unspecified atom stereocenters. The van der Waals surface area contributed by atoms with E-state index in [9.17, 15) is 9.59 Å². The first-order valence-electron chi connectivity index (χ1n) is 8.98. The van der Waals surface area contributed by atoms with Crippen molar-refractivity contribution in [1.82, 2.24) is 9.80 Å². The molecular formula is C21H22N2O2. The van der Waals surface area contributed by atoms with E-state index in [0.29, 0.717) is 17.7 Å². The Balaban J connectivity index is 1.55. The molecule has 2 aromatic carbocycles. The summed E-state index contributed by atoms with van der Waals surface area (Å²) in [5.74, 6) is -0.373. The fourth-order valence-electron chi connectivity index (χ4n) is 3.78. The summed E-state index contributed by atoms with van der Waals surface area (Å²) in [6.07, 6.45) is 3.81. The Labute approximate surface area is 148 Å². The average Bonchev–Trinajstić information content (AvgIpc) is 2.89. The predicted octanol–water partition coefficient (Wildman–Crippen LogP) is 3.47. The van der Waals surface area contributed by atoms with Crippen LogP contribution in [0.4, 0.5) is 0 Å². The molecule has 2 aromatic rings. The van der Waals surface area contributed by atoms with Crippen LogP contribution in [0.1, 0.15) is 51.1 Å². The second-order valence-electron chi connectivity index (χ2n) is 6.85. The summed E-state index contributed by atoms with van der Waals surface area (Å²) in [4.78, 5) is 29.1. The number of likely N-dealkylation sites (tertiary alicyclic amines) is 1. The number of nitrogens with zero attached hydrogens (tertiary/aromatic N) is 2. The minimum atomic E-state index is -0.187. The minimum absolute atomic E-state index is 0.187. The number of hydrogen-bond donors (Lipinski definition) is 0. The van der Waals surface area contributed by atoms with Crippen LogP contribution in [0, 0.1) is 0 Å². The maximum Gasteiger partial charge on any atom is 0.261 e. The van der Waals surface area contributed by atoms with E-state index in [2.05, 4.69) is 11.0 Å². The van der Waals surface area contributed by atoms with E-state index in [4.69, 9.17) is 0 Å². The molecule has 1 saturated heterocycles. The van der Waals surface area contributed by atoms with Crippen LogP contribution in [0.5, 0.6) is 0 Å². The Hall–Kier alpha value is -2.46. The Morgan fingerprint density at radius 3 is 1.80 bits per heavy atom. The van der Waals surface area contributed by atoms with Gasteiger partial charge in [-0.25, -0.2) is 0 Å². The van der Waals surface area contributed by atoms with Crippen LogP contribution in [-0.2, 0) is 13.1 Å². The lowest BCUT2D eigenvalue weighted by Gasteiger charge is -2.27. The van der Waals surface area contributed by atoms with Gasteiger partial charge in [-0.2, -0.15) is 0 Å². The second-order valence-corrected chi connectivity index (χ2v) is 6.85. The molecule has 0 bridgehead atoms. The van der Waals surface area contributed by atoms with Crippen molar-refractivity contribution in [2.45, 2.75) is 32.4 Å². The van der Waals surface area contributed by atoms with Gasteiger partial charge in [0.15, 0.2) is 0 Å². The predicted molar refractivity (Wildman–Crippen MR) is 96.2 cm³/mol. The first-order valence-corrected chi connectivity index (χ1v) is 8.98. The zero-order chi connectivity index (χ0) is 17.2. The van der Waals surface area contributed by atoms with Crippen molar-refractivity contribution in [2.75, 3.05) is 13.1 Å². The Kier molecular flexibility index (Phi) is 4.36. The van der Waals surface area contributed by atoms with Crippen LogP contribution in [0.3, 0.4) is 0 Å². The van der Waals surface area contributed by atoms with Gasteiger partial charge in [0.1, 0.15) is 0 Å². The molecule has 128 valence electrons. The molecular weight excluding hydrogens is 312 g/mol. The smallest absolute Gasteiger partial charge is 0.261 e. The van der Waals surface area contributed by atoms with Gasteiger partial charge in [-0.15, -0.1) is 0 Å². The molecule has 2 amide bonds. The molecule has 0 atom stereocenters. The monoisotopic (exact) mass is 334 g/mol. The summed E-state index contributed by atoms with van der Waals surface area (Å²) in [5.41, 5.74) is 3.30. The molecule has 2 aliphatic heterocycles. The van der Waals surface area contributed by atoms with E-state index >= 15 is 0 Å². The summed E-state index contributed by atoms with van der Waals surface area (Å²) in [6.45, 7) is 3.48. The first-order chi connectivity index (χ1) is 12.2. The topological polar surface area (TPSA) is 40.6 Å². The summed E-state index contributed by atoms with van der Waals surface area (Å²) in [5, 5.41) is 0. The Morgan fingerprint density at radius 2 is 1.20 bits per heavy atom. The van der Waals surface area contributed by atoms with Gasteiger partial charge in [-0.1, -0.05) is 42.8 Å². The zero-order valence-electron chi connectivity index (χ0n) is 14.3. The molecule has 4 nitrogen and oxygen atoms in total. The molecule has 0 aliphatic carbocycles. The highest BCUT2D eigenvalue weighted by molar-refractivity contribution is 6.21. The van der Waals surface area contributed by atoms with Crippen LogP contribution in [0.15, 0.2) is 48.5 Å². The maximum atomic E-state index is 12.6. The molecule has 25 heavy (non-hydrogen) atoms. The normalized spacial score (nSPS) is 17.8. The van der Waals surface area contributed by atoms with Crippen molar-refractivity contribution >= 4 is 11.8 Å². The van der Waals surface area contributed by atoms with E-state index in [1.54, 1.807) is 24.3 Å². The number of piperidine rings is 1. The van der Waals surface area contributed by atoms with Crippen molar-refractivity contribution in [3.05, 3.63) is 70.8 Å². The molecule has 1 fully saturated rings. The minimum Gasteiger partial charge on any atom is -0.299 e. The molecule has 4 rings (SSSR count). The fourth-order valence-corrected chi connectivity index (χ4v) is 3.78. The van der Waals surface area contributed by atoms with E-state index in [1.807, 2.05) is 18.2 Å². The molecule has 0 spiro atoms. The molecule has 0 radical (unpaired) electrons. The molecule has 2 aliphatic rings. The number of rotatable bonds is 4. The van der Waals surface area contributed by atoms with Crippen molar-refractivity contribution < 1.29 is 9.59 Å². The quantitative estimate of drug-likeness (QED) is 0.804. The second kappa shape index (κ2) is 6.81. The standard InChI is InChI=1S/C21H22N2O2/c24-20-18-10-4-5-11-19(18)21(25)23(20)15-17-9-3-2-8-16(17)14-22-12-6-1-7-13-22/h2-5,8-11H,1,6-7,12-15H2. The van der Waals surface area contributed by atoms with Gasteiger partial charge in [0, 0.05) is 6.54 Å². The van der Waals surface area contributed by atoms with E-state index in [1.165, 1.54) is 29.7 Å². The van der Waals surface area contributed by atoms with Crippen LogP contribution < -0.4 is 0 Å². The van der Waals surface area contributed by atoms with Crippen molar-refractivity contribution in [1.29, 1.82) is 0 Å². The van der Waals surface area contributed by atoms with Gasteiger partial charge in [0.25, 0.3) is 11.8 Å². The Bertz CT molecular complexity index is 774. The van der Waals surface area contributed by atoms with Gasteiger partial charge in [-0.05, 0) is 49.2 Å². The summed E-state index contributed by atoms with van der Waals surface area (Å²) in [7, 11) is 0. The number of carbonyl (C=O) groups excluding carboxylic acids is 2. The van der Waals surface area contributed by atoms with Crippen molar-refractivity contribution in [3.63, 3.8) is 0 Å². The maximum absolute atomic E-state index is 12.6. The lowest BCUT2D eigenvalue weighted by molar-refractivity contribution is 0.0641. The molecule has 4 heteroatoms. The number of carbonyl (C=O) groups is 2. The van der Waals surface area contributed by atoms with Crippen LogP contribution >= 0.6 is 0 Å². The van der Waals surface area contributed by atoms with Gasteiger partial charge < -0.3 is 0 Å². The number of benzene rings is 2. The highest BCUT2D eigenvalue weighted by Crippen LogP contribution is 2.25. The summed E-state index contributed by atoms with van der Waals surface area (Å²) in [6, 6.07) is 15.2. The van der Waals surface area contributed by atoms with Crippen molar-refractivity contribution in [2.24, 2.45) is 0 Å². The van der Waals surface area contributed by atoms with Gasteiger partial charge >= 0.3 is 0 Å². The average molecular weight is 334 g/mol. The van der Waals surface area contributed by atoms with Gasteiger partial charge in [0.05, 0.1) is 17.7 Å². The van der Waals surface area contributed by atoms with E-state index < -0.39 is 0 Å². The first kappa shape index (κ1) is 16.0. The number of fused-ring (bicyclic) bond motifs is 1. The summed E-state index contributed by atoms with van der Waals surface area (Å²) >= 11 is 0. The summed E-state index contributed by atoms with van der Waals surface area (Å²) < 4.78 is 0. The fraction of sp³-hybridized carbons (Fsp3) is 0.333. The number of hydrogen-bond acceptors (Lipinski definition) is 3. The van der Waals surface area contributed by atoms with Crippen LogP contribution in [-0.4, -0.2) is 34.7 Å². The number of imide groups is 1. The molecule has 0 aromatic heterocycles. The zero-order valence-corrected chi connectivity index (χ0v) is 14.3. The van der Waals surface area contributed by atoms with Crippen LogP contribution in [0.2, 0.25) is 0 Å². The SMILES string of the molecule is O=C1c2ccccc2C(=O)N1Cc1ccccc1CN1CCCCC1. The third-order valence-electron chi connectivity index (χ3n) is 5.17. The van der Waals surface area contributed by atoms with E-state index in [0.717, 1.165) is 25.2 Å². The third-order valence-corrected chi connectivity index (χ3v) is 5.17. The molecule has 0 N–H and O–H groups in total. The number of amides is 2. The van der Waals surface area contributed by atoms with Crippen molar-refractivity contribution in [3.8, 4) is 0 Å². The Morgan fingerprint density at radius 1 is 0.680 bits per heavy atom. The highest BCUT2D eigenvalue weighted by Gasteiger charge is 2.35. The highest BCUT2D eigenvalue weighted by atomic mass is 16.2.